The molecule has 0 rings (SSSR count). The minimum absolute atomic E-state index is 0. The third kappa shape index (κ3) is 19.8. The normalized spacial score (nSPS) is 11.2. The number of carboxylic acids is 3. The van der Waals surface area contributed by atoms with Crippen molar-refractivity contribution >= 4 is 55.0 Å². The summed E-state index contributed by atoms with van der Waals surface area (Å²) in [5.41, 5.74) is 0. The van der Waals surface area contributed by atoms with E-state index in [0.717, 1.165) is 0 Å². The van der Waals surface area contributed by atoms with E-state index in [1.807, 2.05) is 41.5 Å². The first-order valence-electron chi connectivity index (χ1n) is 18.2. The molecule has 0 atom stereocenters. The molecule has 52 heavy (non-hydrogen) atoms. The van der Waals surface area contributed by atoms with Crippen LogP contribution < -0.4 is 15.3 Å². The van der Waals surface area contributed by atoms with E-state index in [1.54, 1.807) is 20.8 Å². The van der Waals surface area contributed by atoms with Crippen LogP contribution in [0.25, 0.3) is 0 Å². The fourth-order valence-electron chi connectivity index (χ4n) is 3.95. The molecule has 0 aromatic rings. The first-order valence-corrected chi connectivity index (χ1v) is 18.2. The molecule has 0 aliphatic carbocycles. The Balaban J connectivity index is -0.000000329. The summed E-state index contributed by atoms with van der Waals surface area (Å²) in [6.07, 6.45) is 5.52. The van der Waals surface area contributed by atoms with Gasteiger partial charge in [-0.25, -0.2) is 0 Å². The number of rotatable bonds is 30. The van der Waals surface area contributed by atoms with Crippen LogP contribution in [-0.4, -0.2) is 112 Å². The second-order valence-corrected chi connectivity index (χ2v) is 11.3. The minimum atomic E-state index is -2.22. The molecule has 15 nitrogen and oxygen atoms in total. The van der Waals surface area contributed by atoms with E-state index in [1.165, 1.54) is 0 Å². The zero-order valence-electron chi connectivity index (χ0n) is 32.9. The van der Waals surface area contributed by atoms with Gasteiger partial charge in [-0.05, 0) is 57.8 Å². The minimum Gasteiger partial charge on any atom is -0.544 e. The summed E-state index contributed by atoms with van der Waals surface area (Å²) < 4.78 is 30.7. The summed E-state index contributed by atoms with van der Waals surface area (Å²) in [7, 11) is 0. The van der Waals surface area contributed by atoms with Crippen molar-refractivity contribution in [1.82, 2.24) is 0 Å². The number of Topliss-reactive ketones (excluding diaryl/α,β-unsaturated/α-hetero) is 3. The molecule has 0 spiro atoms. The van der Waals surface area contributed by atoms with Crippen molar-refractivity contribution in [3.8, 4) is 0 Å². The van der Waals surface area contributed by atoms with E-state index in [0.29, 0.717) is 57.8 Å². The van der Waals surface area contributed by atoms with Gasteiger partial charge in [0.05, 0.1) is 39.6 Å². The molecule has 0 aromatic carbocycles. The molecule has 0 radical (unpaired) electrons. The summed E-state index contributed by atoms with van der Waals surface area (Å²) in [6, 6.07) is 0. The Bertz CT molecular complexity index is 855. The Labute approximate surface area is 323 Å². The second kappa shape index (κ2) is 33.4. The van der Waals surface area contributed by atoms with Gasteiger partial charge >= 0.3 is 19.8 Å². The van der Waals surface area contributed by atoms with Crippen molar-refractivity contribution in [2.45, 2.75) is 157 Å². The molecule has 0 saturated heterocycles. The summed E-state index contributed by atoms with van der Waals surface area (Å²) in [5.74, 6) is -13.2. The van der Waals surface area contributed by atoms with Crippen molar-refractivity contribution in [3.05, 3.63) is 0 Å². The van der Waals surface area contributed by atoms with Gasteiger partial charge in [-0.2, -0.15) is 0 Å². The Kier molecular flexibility index (Phi) is 36.3. The molecule has 300 valence electrons. The average Bonchev–Trinajstić information content (AvgIpc) is 3.09. The number of hydrogen-bond acceptors (Lipinski definition) is 15. The number of carboxylic acid groups (broad SMARTS) is 3. The molecule has 0 aromatic heterocycles. The van der Waals surface area contributed by atoms with Gasteiger partial charge in [-0.1, -0.05) is 62.3 Å². The van der Waals surface area contributed by atoms with Crippen molar-refractivity contribution in [2.75, 3.05) is 39.6 Å². The van der Waals surface area contributed by atoms with Crippen LogP contribution in [0.4, 0.5) is 0 Å². The van der Waals surface area contributed by atoms with Crippen molar-refractivity contribution in [2.24, 2.45) is 0 Å². The van der Waals surface area contributed by atoms with Crippen LogP contribution in [0.2, 0.25) is 0 Å². The standard InChI is InChI=1S/3C12H22O5.Ga/c3*1-4-7-10(13)12(11(14)15,16-8-5-2)17-9-6-3;/h3*4-9H2,1-3H3,(H,14,15);/q;;;+3/p-3. The quantitative estimate of drug-likeness (QED) is 0.0571. The van der Waals surface area contributed by atoms with Crippen molar-refractivity contribution in [1.29, 1.82) is 0 Å². The molecule has 0 bridgehead atoms. The van der Waals surface area contributed by atoms with Gasteiger partial charge in [0, 0.05) is 19.3 Å². The van der Waals surface area contributed by atoms with Crippen LogP contribution in [0, 0.1) is 0 Å². The van der Waals surface area contributed by atoms with Crippen LogP contribution in [0.1, 0.15) is 139 Å². The molecule has 0 saturated carbocycles. The second-order valence-electron chi connectivity index (χ2n) is 11.3. The van der Waals surface area contributed by atoms with E-state index >= 15 is 0 Å². The SMILES string of the molecule is CCCOC(OCCC)(C(=O)[O-])C(=O)CCC.CCCOC(OCCC)(C(=O)[O-])C(=O)CCC.CCCOC(OCCC)(C(=O)[O-])C(=O)CCC.[Ga+3]. The molecule has 0 amide bonds. The maximum atomic E-state index is 11.8. The maximum absolute atomic E-state index is 11.8. The Hall–Kier alpha value is -2.18. The molecule has 16 heteroatoms. The number of aliphatic carboxylic acids is 3. The summed E-state index contributed by atoms with van der Waals surface area (Å²) >= 11 is 0. The maximum Gasteiger partial charge on any atom is 3.00 e. The van der Waals surface area contributed by atoms with Crippen LogP contribution in [-0.2, 0) is 57.2 Å². The topological polar surface area (TPSA) is 227 Å². The third-order valence-corrected chi connectivity index (χ3v) is 6.40. The van der Waals surface area contributed by atoms with E-state index in [2.05, 4.69) is 0 Å². The number of hydrogen-bond donors (Lipinski definition) is 0. The Morgan fingerprint density at radius 2 is 0.500 bits per heavy atom. The summed E-state index contributed by atoms with van der Waals surface area (Å²) in [6.45, 7) is 17.2. The van der Waals surface area contributed by atoms with Gasteiger partial charge in [0.15, 0.2) is 17.3 Å². The monoisotopic (exact) mass is 804 g/mol. The number of ketones is 3. The van der Waals surface area contributed by atoms with Gasteiger partial charge in [-0.3, -0.25) is 14.4 Å². The zero-order chi connectivity index (χ0) is 39.9. The van der Waals surface area contributed by atoms with E-state index < -0.39 is 52.6 Å². The van der Waals surface area contributed by atoms with E-state index in [4.69, 9.17) is 28.4 Å². The summed E-state index contributed by atoms with van der Waals surface area (Å²) in [4.78, 5) is 69.0. The largest absolute Gasteiger partial charge is 3.00 e. The predicted octanol–water partition coefficient (Wildman–Crippen LogP) is 1.58. The number of carbonyl (C=O) groups excluding carboxylic acids is 6. The molecule has 0 aliphatic rings. The molecule has 0 N–H and O–H groups in total. The van der Waals surface area contributed by atoms with Gasteiger partial charge in [-0.15, -0.1) is 0 Å². The smallest absolute Gasteiger partial charge is 0.544 e. The summed E-state index contributed by atoms with van der Waals surface area (Å²) in [5, 5.41) is 33.5. The first kappa shape index (κ1) is 56.6. The van der Waals surface area contributed by atoms with Crippen molar-refractivity contribution < 1.29 is 72.5 Å². The van der Waals surface area contributed by atoms with Crippen LogP contribution in [0.5, 0.6) is 0 Å². The molecular formula is C36H63GaO15. The number of ether oxygens (including phenoxy) is 6. The van der Waals surface area contributed by atoms with Crippen LogP contribution in [0.15, 0.2) is 0 Å². The van der Waals surface area contributed by atoms with Gasteiger partial charge in [0.25, 0.3) is 17.4 Å². The Morgan fingerprint density at radius 3 is 0.596 bits per heavy atom. The van der Waals surface area contributed by atoms with E-state index in [9.17, 15) is 44.1 Å². The molecule has 0 unspecified atom stereocenters. The first-order chi connectivity index (χ1) is 24.1. The van der Waals surface area contributed by atoms with Crippen LogP contribution >= 0.6 is 0 Å². The van der Waals surface area contributed by atoms with Gasteiger partial charge in [0.2, 0.25) is 0 Å². The zero-order valence-corrected chi connectivity index (χ0v) is 35.4. The average molecular weight is 806 g/mol. The molecule has 0 heterocycles. The Morgan fingerprint density at radius 1 is 0.346 bits per heavy atom. The van der Waals surface area contributed by atoms with Crippen molar-refractivity contribution in [3.63, 3.8) is 0 Å². The van der Waals surface area contributed by atoms with Gasteiger partial charge in [0.1, 0.15) is 17.9 Å². The fraction of sp³-hybridized carbons (Fsp3) is 0.833. The van der Waals surface area contributed by atoms with Crippen LogP contribution in [0.3, 0.4) is 0 Å². The van der Waals surface area contributed by atoms with E-state index in [-0.39, 0.29) is 78.7 Å². The van der Waals surface area contributed by atoms with Gasteiger partial charge < -0.3 is 58.1 Å². The molecule has 0 aliphatic heterocycles. The number of carbonyl (C=O) groups is 6. The predicted molar refractivity (Wildman–Crippen MR) is 186 cm³/mol. The molecular weight excluding hydrogens is 742 g/mol. The third-order valence-electron chi connectivity index (χ3n) is 6.40. The molecule has 0 fully saturated rings. The fourth-order valence-corrected chi connectivity index (χ4v) is 3.95.